The van der Waals surface area contributed by atoms with Crippen molar-refractivity contribution in [1.82, 2.24) is 0 Å². The Morgan fingerprint density at radius 1 is 0.655 bits per heavy atom. The Kier molecular flexibility index (Phi) is 15.1. The van der Waals surface area contributed by atoms with E-state index in [0.29, 0.717) is 5.56 Å². The highest BCUT2D eigenvalue weighted by Crippen LogP contribution is 2.15. The number of aryl methyl sites for hydroxylation is 1. The molecular formula is C26H42O3. The number of carboxylic acid groups (broad SMARTS) is 1. The maximum Gasteiger partial charge on any atom is 0.303 e. The molecule has 1 aromatic rings. The molecule has 1 aromatic carbocycles. The number of rotatable bonds is 19. The van der Waals surface area contributed by atoms with Crippen LogP contribution in [0.4, 0.5) is 0 Å². The molecule has 0 saturated carbocycles. The van der Waals surface area contributed by atoms with E-state index in [9.17, 15) is 9.59 Å². The number of Topliss-reactive ketones (excluding diaryl/α,β-unsaturated/α-hetero) is 1. The van der Waals surface area contributed by atoms with Crippen LogP contribution >= 0.6 is 0 Å². The zero-order chi connectivity index (χ0) is 21.2. The minimum atomic E-state index is -0.923. The number of carboxylic acids is 1. The standard InChI is InChI=1S/C26H42O3/c1-2-3-4-5-6-7-8-9-10-11-12-13-14-15-16-23-17-19-24(20-18-23)25(27)21-22-26(28)29/h17-20H,2-16,21-22H2,1H3,(H,28,29). The summed E-state index contributed by atoms with van der Waals surface area (Å²) in [5, 5.41) is 8.66. The van der Waals surface area contributed by atoms with E-state index in [4.69, 9.17) is 5.11 Å². The smallest absolute Gasteiger partial charge is 0.303 e. The average Bonchev–Trinajstić information content (AvgIpc) is 2.72. The van der Waals surface area contributed by atoms with E-state index in [2.05, 4.69) is 6.92 Å². The number of carbonyl (C=O) groups is 2. The number of hydrogen-bond acceptors (Lipinski definition) is 2. The Bertz CT molecular complexity index is 548. The number of benzene rings is 1. The number of hydrogen-bond donors (Lipinski definition) is 1. The molecule has 0 saturated heterocycles. The molecule has 0 fully saturated rings. The van der Waals surface area contributed by atoms with Crippen molar-refractivity contribution in [3.63, 3.8) is 0 Å². The summed E-state index contributed by atoms with van der Waals surface area (Å²) in [5.41, 5.74) is 1.88. The highest BCUT2D eigenvalue weighted by molar-refractivity contribution is 5.97. The Balaban J connectivity index is 1.96. The summed E-state index contributed by atoms with van der Waals surface area (Å²) < 4.78 is 0. The summed E-state index contributed by atoms with van der Waals surface area (Å²) in [6, 6.07) is 7.69. The minimum Gasteiger partial charge on any atom is -0.481 e. The van der Waals surface area contributed by atoms with Crippen LogP contribution in [0.15, 0.2) is 24.3 Å². The van der Waals surface area contributed by atoms with Crippen molar-refractivity contribution >= 4 is 11.8 Å². The second kappa shape index (κ2) is 17.2. The van der Waals surface area contributed by atoms with E-state index in [0.717, 1.165) is 6.42 Å². The molecule has 29 heavy (non-hydrogen) atoms. The molecule has 1 rings (SSSR count). The summed E-state index contributed by atoms with van der Waals surface area (Å²) in [6.45, 7) is 2.27. The highest BCUT2D eigenvalue weighted by Gasteiger charge is 2.08. The zero-order valence-electron chi connectivity index (χ0n) is 18.6. The topological polar surface area (TPSA) is 54.4 Å². The largest absolute Gasteiger partial charge is 0.481 e. The molecule has 3 heteroatoms. The van der Waals surface area contributed by atoms with Gasteiger partial charge in [0.1, 0.15) is 0 Å². The van der Waals surface area contributed by atoms with Crippen molar-refractivity contribution in [2.24, 2.45) is 0 Å². The Morgan fingerprint density at radius 2 is 1.10 bits per heavy atom. The molecule has 0 bridgehead atoms. The maximum atomic E-state index is 11.9. The van der Waals surface area contributed by atoms with Gasteiger partial charge in [0.15, 0.2) is 5.78 Å². The summed E-state index contributed by atoms with van der Waals surface area (Å²) in [5.74, 6) is -1.01. The van der Waals surface area contributed by atoms with Crippen LogP contribution in [0, 0.1) is 0 Å². The molecule has 3 nitrogen and oxygen atoms in total. The lowest BCUT2D eigenvalue weighted by atomic mass is 10.0. The van der Waals surface area contributed by atoms with Gasteiger partial charge >= 0.3 is 5.97 Å². The Hall–Kier alpha value is -1.64. The van der Waals surface area contributed by atoms with Crippen molar-refractivity contribution < 1.29 is 14.7 Å². The van der Waals surface area contributed by atoms with Crippen molar-refractivity contribution in [3.05, 3.63) is 35.4 Å². The maximum absolute atomic E-state index is 11.9. The first kappa shape index (κ1) is 25.4. The van der Waals surface area contributed by atoms with Crippen LogP contribution in [0.3, 0.4) is 0 Å². The number of unbranched alkanes of at least 4 members (excludes halogenated alkanes) is 13. The van der Waals surface area contributed by atoms with E-state index >= 15 is 0 Å². The number of carbonyl (C=O) groups excluding carboxylic acids is 1. The van der Waals surface area contributed by atoms with Gasteiger partial charge in [-0.25, -0.2) is 0 Å². The fraction of sp³-hybridized carbons (Fsp3) is 0.692. The molecule has 0 aromatic heterocycles. The molecule has 1 N–H and O–H groups in total. The highest BCUT2D eigenvalue weighted by atomic mass is 16.4. The molecule has 0 radical (unpaired) electrons. The van der Waals surface area contributed by atoms with Crippen molar-refractivity contribution in [2.45, 2.75) is 116 Å². The first-order valence-corrected chi connectivity index (χ1v) is 12.0. The zero-order valence-corrected chi connectivity index (χ0v) is 18.6. The average molecular weight is 403 g/mol. The molecule has 0 heterocycles. The number of aliphatic carboxylic acids is 1. The predicted molar refractivity (Wildman–Crippen MR) is 122 cm³/mol. The molecule has 0 unspecified atom stereocenters. The van der Waals surface area contributed by atoms with Crippen LogP contribution in [0.5, 0.6) is 0 Å². The lowest BCUT2D eigenvalue weighted by Crippen LogP contribution is -2.03. The van der Waals surface area contributed by atoms with E-state index in [1.807, 2.05) is 24.3 Å². The van der Waals surface area contributed by atoms with Gasteiger partial charge in [0, 0.05) is 12.0 Å². The van der Waals surface area contributed by atoms with Crippen molar-refractivity contribution in [1.29, 1.82) is 0 Å². The van der Waals surface area contributed by atoms with Gasteiger partial charge in [0.2, 0.25) is 0 Å². The van der Waals surface area contributed by atoms with E-state index in [1.165, 1.54) is 95.5 Å². The fourth-order valence-electron chi connectivity index (χ4n) is 3.75. The van der Waals surface area contributed by atoms with Gasteiger partial charge in [0.05, 0.1) is 6.42 Å². The second-order valence-corrected chi connectivity index (χ2v) is 8.36. The van der Waals surface area contributed by atoms with E-state index < -0.39 is 5.97 Å². The molecule has 0 spiro atoms. The quantitative estimate of drug-likeness (QED) is 0.190. The summed E-state index contributed by atoms with van der Waals surface area (Å²) in [7, 11) is 0. The third kappa shape index (κ3) is 14.1. The van der Waals surface area contributed by atoms with Gasteiger partial charge in [-0.3, -0.25) is 9.59 Å². The molecule has 0 aliphatic carbocycles. The van der Waals surface area contributed by atoms with Crippen LogP contribution in [-0.2, 0) is 11.2 Å². The normalized spacial score (nSPS) is 10.9. The molecule has 0 amide bonds. The molecular weight excluding hydrogens is 360 g/mol. The first-order chi connectivity index (χ1) is 14.1. The SMILES string of the molecule is CCCCCCCCCCCCCCCCc1ccc(C(=O)CCC(=O)O)cc1. The molecule has 0 atom stereocenters. The molecule has 164 valence electrons. The van der Waals surface area contributed by atoms with E-state index in [-0.39, 0.29) is 18.6 Å². The van der Waals surface area contributed by atoms with Gasteiger partial charge in [0.25, 0.3) is 0 Å². The van der Waals surface area contributed by atoms with Crippen molar-refractivity contribution in [3.8, 4) is 0 Å². The Morgan fingerprint density at radius 3 is 1.55 bits per heavy atom. The van der Waals surface area contributed by atoms with Gasteiger partial charge in [-0.15, -0.1) is 0 Å². The fourth-order valence-corrected chi connectivity index (χ4v) is 3.75. The second-order valence-electron chi connectivity index (χ2n) is 8.36. The van der Waals surface area contributed by atoms with Gasteiger partial charge in [-0.1, -0.05) is 115 Å². The van der Waals surface area contributed by atoms with E-state index in [1.54, 1.807) is 0 Å². The summed E-state index contributed by atoms with van der Waals surface area (Å²) in [6.07, 6.45) is 20.2. The molecule has 0 aliphatic heterocycles. The lowest BCUT2D eigenvalue weighted by Gasteiger charge is -2.05. The van der Waals surface area contributed by atoms with Crippen LogP contribution < -0.4 is 0 Å². The van der Waals surface area contributed by atoms with Gasteiger partial charge in [-0.05, 0) is 18.4 Å². The Labute approximate surface area is 178 Å². The predicted octanol–water partition coefficient (Wildman–Crippen LogP) is 7.76. The monoisotopic (exact) mass is 402 g/mol. The summed E-state index contributed by atoms with van der Waals surface area (Å²) >= 11 is 0. The first-order valence-electron chi connectivity index (χ1n) is 12.0. The summed E-state index contributed by atoms with van der Waals surface area (Å²) in [4.78, 5) is 22.4. The van der Waals surface area contributed by atoms with Crippen LogP contribution in [-0.4, -0.2) is 16.9 Å². The van der Waals surface area contributed by atoms with Crippen LogP contribution in [0.2, 0.25) is 0 Å². The third-order valence-electron chi connectivity index (χ3n) is 5.66. The van der Waals surface area contributed by atoms with Crippen molar-refractivity contribution in [2.75, 3.05) is 0 Å². The minimum absolute atomic E-state index is 0.0770. The molecule has 0 aliphatic rings. The van der Waals surface area contributed by atoms with Gasteiger partial charge < -0.3 is 5.11 Å². The number of ketones is 1. The van der Waals surface area contributed by atoms with Crippen LogP contribution in [0.1, 0.15) is 126 Å². The van der Waals surface area contributed by atoms with Gasteiger partial charge in [-0.2, -0.15) is 0 Å². The lowest BCUT2D eigenvalue weighted by molar-refractivity contribution is -0.136. The van der Waals surface area contributed by atoms with Crippen LogP contribution in [0.25, 0.3) is 0 Å². The third-order valence-corrected chi connectivity index (χ3v) is 5.66.